The molecule has 1 saturated carbocycles. The highest BCUT2D eigenvalue weighted by Crippen LogP contribution is 2.50. The lowest BCUT2D eigenvalue weighted by Crippen LogP contribution is -2.41. The summed E-state index contributed by atoms with van der Waals surface area (Å²) in [5.41, 5.74) is 0.618. The Hall–Kier alpha value is -1.55. The van der Waals surface area contributed by atoms with Crippen LogP contribution in [0, 0.1) is 11.3 Å². The molecule has 4 heteroatoms. The summed E-state index contributed by atoms with van der Waals surface area (Å²) in [6, 6.07) is 10.4. The van der Waals surface area contributed by atoms with Gasteiger partial charge < -0.3 is 4.90 Å². The van der Waals surface area contributed by atoms with Crippen LogP contribution in [-0.2, 0) is 0 Å². The van der Waals surface area contributed by atoms with E-state index in [1.54, 1.807) is 11.8 Å². The molecule has 4 rings (SSSR count). The highest BCUT2D eigenvalue weighted by atomic mass is 32.2. The molecule has 1 aromatic carbocycles. The summed E-state index contributed by atoms with van der Waals surface area (Å²) < 4.78 is 0. The van der Waals surface area contributed by atoms with E-state index < -0.39 is 0 Å². The summed E-state index contributed by atoms with van der Waals surface area (Å²) in [6.07, 6.45) is 10.8. The van der Waals surface area contributed by atoms with Crippen molar-refractivity contribution in [3.05, 3.63) is 42.7 Å². The molecular formula is C20H25N3S. The molecule has 1 aromatic heterocycles. The van der Waals surface area contributed by atoms with Crippen molar-refractivity contribution in [1.82, 2.24) is 9.97 Å². The molecule has 0 amide bonds. The van der Waals surface area contributed by atoms with Gasteiger partial charge >= 0.3 is 0 Å². The smallest absolute Gasteiger partial charge is 0.147 e. The third-order valence-electron chi connectivity index (χ3n) is 6.02. The largest absolute Gasteiger partial charge is 0.355 e. The molecule has 1 spiro atoms. The third-order valence-corrected chi connectivity index (χ3v) is 6.95. The minimum Gasteiger partial charge on any atom is -0.355 e. The molecule has 1 aliphatic heterocycles. The average Bonchev–Trinajstić information content (AvgIpc) is 2.98. The van der Waals surface area contributed by atoms with Crippen LogP contribution in [0.2, 0.25) is 0 Å². The second-order valence-electron chi connectivity index (χ2n) is 7.27. The maximum atomic E-state index is 4.68. The SMILES string of the molecule is C[C@H]1CCCC12CCN(c1cnc(Sc3ccccc3)cn1)CC2. The van der Waals surface area contributed by atoms with Gasteiger partial charge in [-0.2, -0.15) is 0 Å². The van der Waals surface area contributed by atoms with Crippen LogP contribution in [0.15, 0.2) is 52.6 Å². The van der Waals surface area contributed by atoms with Crippen LogP contribution in [0.1, 0.15) is 39.0 Å². The summed E-state index contributed by atoms with van der Waals surface area (Å²) in [6.45, 7) is 4.71. The molecule has 0 N–H and O–H groups in total. The highest BCUT2D eigenvalue weighted by Gasteiger charge is 2.42. The molecular weight excluding hydrogens is 314 g/mol. The molecule has 1 atom stereocenters. The summed E-state index contributed by atoms with van der Waals surface area (Å²) in [7, 11) is 0. The van der Waals surface area contributed by atoms with Crippen LogP contribution in [0.5, 0.6) is 0 Å². The van der Waals surface area contributed by atoms with Crippen LogP contribution in [0.3, 0.4) is 0 Å². The molecule has 2 aliphatic rings. The fraction of sp³-hybridized carbons (Fsp3) is 0.500. The standard InChI is InChI=1S/C20H25N3S/c1-16-6-5-9-20(16)10-12-23(13-11-20)18-14-22-19(15-21-18)24-17-7-3-2-4-8-17/h2-4,7-8,14-16H,5-6,9-13H2,1H3/t16-/m0/s1. The number of benzene rings is 1. The Morgan fingerprint density at radius 2 is 1.83 bits per heavy atom. The summed E-state index contributed by atoms with van der Waals surface area (Å²) in [5, 5.41) is 0.961. The van der Waals surface area contributed by atoms with E-state index in [9.17, 15) is 0 Å². The number of hydrogen-bond donors (Lipinski definition) is 0. The number of hydrogen-bond acceptors (Lipinski definition) is 4. The number of anilines is 1. The van der Waals surface area contributed by atoms with Gasteiger partial charge in [-0.15, -0.1) is 0 Å². The fourth-order valence-corrected chi connectivity index (χ4v) is 5.12. The Labute approximate surface area is 148 Å². The van der Waals surface area contributed by atoms with Gasteiger partial charge in [0.05, 0.1) is 12.4 Å². The molecule has 2 heterocycles. The topological polar surface area (TPSA) is 29.0 Å². The molecule has 1 aliphatic carbocycles. The minimum atomic E-state index is 0.618. The molecule has 0 unspecified atom stereocenters. The van der Waals surface area contributed by atoms with Crippen molar-refractivity contribution in [3.8, 4) is 0 Å². The first-order chi connectivity index (χ1) is 11.8. The zero-order valence-electron chi connectivity index (χ0n) is 14.3. The van der Waals surface area contributed by atoms with E-state index in [0.29, 0.717) is 5.41 Å². The van der Waals surface area contributed by atoms with Gasteiger partial charge in [0.1, 0.15) is 10.8 Å². The maximum absolute atomic E-state index is 4.68. The first-order valence-corrected chi connectivity index (χ1v) is 9.87. The molecule has 2 aromatic rings. The van der Waals surface area contributed by atoms with Crippen LogP contribution in [0.25, 0.3) is 0 Å². The Bertz CT molecular complexity index is 663. The van der Waals surface area contributed by atoms with Gasteiger partial charge in [0.15, 0.2) is 0 Å². The van der Waals surface area contributed by atoms with Crippen molar-refractivity contribution >= 4 is 17.6 Å². The van der Waals surface area contributed by atoms with Gasteiger partial charge in [-0.25, -0.2) is 9.97 Å². The second-order valence-corrected chi connectivity index (χ2v) is 8.36. The van der Waals surface area contributed by atoms with Crippen molar-refractivity contribution in [2.45, 2.75) is 48.9 Å². The van der Waals surface area contributed by atoms with Gasteiger partial charge in [-0.05, 0) is 42.7 Å². The second kappa shape index (κ2) is 6.75. The zero-order valence-corrected chi connectivity index (χ0v) is 15.1. The molecule has 3 nitrogen and oxygen atoms in total. The van der Waals surface area contributed by atoms with E-state index in [1.807, 2.05) is 18.5 Å². The van der Waals surface area contributed by atoms with E-state index in [0.717, 1.165) is 29.9 Å². The lowest BCUT2D eigenvalue weighted by Gasteiger charge is -2.42. The number of nitrogens with zero attached hydrogens (tertiary/aromatic N) is 3. The van der Waals surface area contributed by atoms with Gasteiger partial charge in [0.2, 0.25) is 0 Å². The van der Waals surface area contributed by atoms with E-state index in [4.69, 9.17) is 0 Å². The Kier molecular flexibility index (Phi) is 4.49. The van der Waals surface area contributed by atoms with Gasteiger partial charge in [0, 0.05) is 18.0 Å². The molecule has 126 valence electrons. The average molecular weight is 340 g/mol. The van der Waals surface area contributed by atoms with Crippen LogP contribution in [-0.4, -0.2) is 23.1 Å². The quantitative estimate of drug-likeness (QED) is 0.784. The van der Waals surface area contributed by atoms with Gasteiger partial charge in [-0.1, -0.05) is 49.7 Å². The molecule has 2 fully saturated rings. The van der Waals surface area contributed by atoms with E-state index >= 15 is 0 Å². The van der Waals surface area contributed by atoms with E-state index in [-0.39, 0.29) is 0 Å². The van der Waals surface area contributed by atoms with Crippen LogP contribution < -0.4 is 4.90 Å². The zero-order chi connectivity index (χ0) is 16.4. The first-order valence-electron chi connectivity index (χ1n) is 9.05. The van der Waals surface area contributed by atoms with Crippen molar-refractivity contribution in [3.63, 3.8) is 0 Å². The molecule has 1 saturated heterocycles. The highest BCUT2D eigenvalue weighted by molar-refractivity contribution is 7.99. The monoisotopic (exact) mass is 339 g/mol. The predicted octanol–water partition coefficient (Wildman–Crippen LogP) is 5.03. The minimum absolute atomic E-state index is 0.618. The van der Waals surface area contributed by atoms with Crippen molar-refractivity contribution in [1.29, 1.82) is 0 Å². The number of aromatic nitrogens is 2. The van der Waals surface area contributed by atoms with E-state index in [2.05, 4.69) is 46.1 Å². The summed E-state index contributed by atoms with van der Waals surface area (Å²) in [4.78, 5) is 12.9. The number of rotatable bonds is 3. The maximum Gasteiger partial charge on any atom is 0.147 e. The third kappa shape index (κ3) is 3.16. The predicted molar refractivity (Wildman–Crippen MR) is 99.5 cm³/mol. The van der Waals surface area contributed by atoms with Crippen LogP contribution >= 0.6 is 11.8 Å². The molecule has 0 bridgehead atoms. The Morgan fingerprint density at radius 3 is 2.46 bits per heavy atom. The fourth-order valence-electron chi connectivity index (χ4n) is 4.37. The normalized spacial score (nSPS) is 22.9. The Balaban J connectivity index is 1.39. The lowest BCUT2D eigenvalue weighted by molar-refractivity contribution is 0.161. The van der Waals surface area contributed by atoms with E-state index in [1.165, 1.54) is 37.0 Å². The Morgan fingerprint density at radius 1 is 1.04 bits per heavy atom. The number of piperidine rings is 1. The van der Waals surface area contributed by atoms with Crippen molar-refractivity contribution < 1.29 is 0 Å². The molecule has 0 radical (unpaired) electrons. The summed E-state index contributed by atoms with van der Waals surface area (Å²) >= 11 is 1.67. The van der Waals surface area contributed by atoms with Gasteiger partial charge in [-0.3, -0.25) is 0 Å². The molecule has 24 heavy (non-hydrogen) atoms. The first kappa shape index (κ1) is 15.9. The van der Waals surface area contributed by atoms with Crippen molar-refractivity contribution in [2.75, 3.05) is 18.0 Å². The lowest BCUT2D eigenvalue weighted by atomic mass is 9.71. The van der Waals surface area contributed by atoms with Gasteiger partial charge in [0.25, 0.3) is 0 Å². The van der Waals surface area contributed by atoms with Crippen LogP contribution in [0.4, 0.5) is 5.82 Å². The van der Waals surface area contributed by atoms with Crippen molar-refractivity contribution in [2.24, 2.45) is 11.3 Å². The summed E-state index contributed by atoms with van der Waals surface area (Å²) in [5.74, 6) is 1.93.